The maximum atomic E-state index is 5.71. The van der Waals surface area contributed by atoms with E-state index in [0.717, 1.165) is 90.1 Å². The average Bonchev–Trinajstić information content (AvgIpc) is 3.36. The second kappa shape index (κ2) is 24.1. The van der Waals surface area contributed by atoms with E-state index < -0.39 is 0 Å². The van der Waals surface area contributed by atoms with Crippen molar-refractivity contribution >= 4 is 11.4 Å². The van der Waals surface area contributed by atoms with Crippen molar-refractivity contribution in [1.82, 2.24) is 19.6 Å². The zero-order valence-electron chi connectivity index (χ0n) is 30.5. The van der Waals surface area contributed by atoms with Crippen LogP contribution in [0, 0.1) is 27.7 Å². The van der Waals surface area contributed by atoms with Gasteiger partial charge in [-0.1, -0.05) is 51.3 Å². The quantitative estimate of drug-likeness (QED) is 0.101. The molecular weight excluding hydrogens is 600 g/mol. The first-order valence-corrected chi connectivity index (χ1v) is 17.3. The van der Waals surface area contributed by atoms with Crippen molar-refractivity contribution < 1.29 is 4.74 Å². The Morgan fingerprint density at radius 1 is 0.729 bits per heavy atom. The Kier molecular flexibility index (Phi) is 21.1. The number of hydrogen-bond donors (Lipinski definition) is 6. The Morgan fingerprint density at radius 2 is 1.33 bits per heavy atom. The van der Waals surface area contributed by atoms with E-state index >= 15 is 0 Å². The van der Waals surface area contributed by atoms with E-state index in [4.69, 9.17) is 39.1 Å². The summed E-state index contributed by atoms with van der Waals surface area (Å²) < 4.78 is 9.29. The van der Waals surface area contributed by atoms with Gasteiger partial charge >= 0.3 is 0 Å². The normalized spacial score (nSPS) is 11.9. The molecule has 0 spiro atoms. The van der Waals surface area contributed by atoms with Gasteiger partial charge in [0.15, 0.2) is 0 Å². The predicted molar refractivity (Wildman–Crippen MR) is 203 cm³/mol. The summed E-state index contributed by atoms with van der Waals surface area (Å²) in [5, 5.41) is 8.54. The minimum Gasteiger partial charge on any atom is -0.494 e. The number of anilines is 2. The molecule has 2 heterocycles. The van der Waals surface area contributed by atoms with E-state index in [1.165, 1.54) is 31.2 Å². The Labute approximate surface area is 289 Å². The first-order valence-electron chi connectivity index (χ1n) is 17.3. The third-order valence-electron chi connectivity index (χ3n) is 7.78. The first-order chi connectivity index (χ1) is 23.0. The maximum Gasteiger partial charge on any atom is 0.115 e. The third kappa shape index (κ3) is 15.7. The van der Waals surface area contributed by atoms with Crippen LogP contribution < -0.4 is 34.4 Å². The zero-order chi connectivity index (χ0) is 35.9. The van der Waals surface area contributed by atoms with Gasteiger partial charge in [-0.2, -0.15) is 10.2 Å². The molecule has 3 aromatic rings. The highest BCUT2D eigenvalue weighted by molar-refractivity contribution is 5.46. The van der Waals surface area contributed by atoms with E-state index in [9.17, 15) is 0 Å². The second-order valence-electron chi connectivity index (χ2n) is 11.7. The summed E-state index contributed by atoms with van der Waals surface area (Å²) in [5.74, 6) is 0.935. The summed E-state index contributed by atoms with van der Waals surface area (Å²) >= 11 is 0. The summed E-state index contributed by atoms with van der Waals surface area (Å²) in [4.78, 5) is 0. The first kappa shape index (κ1) is 42.0. The number of nitrogens with two attached hydrogens (primary N) is 6. The Bertz CT molecular complexity index is 1400. The fraction of sp³-hybridized carbons (Fsp3) is 0.514. The number of nitrogens with zero attached hydrogens (tertiary/aromatic N) is 4. The number of nitrogen functional groups attached to an aromatic ring is 2. The molecule has 0 radical (unpaired) electrons. The van der Waals surface area contributed by atoms with Gasteiger partial charge in [0.25, 0.3) is 0 Å². The van der Waals surface area contributed by atoms with Crippen molar-refractivity contribution in [1.29, 1.82) is 0 Å². The van der Waals surface area contributed by atoms with Crippen LogP contribution in [0.15, 0.2) is 60.0 Å². The molecule has 1 aliphatic rings. The SMILES string of the molecule is CCCCCc1ccc(N)cc1.CCCCOC1=CCC=C(N)C=C1.Cc1nn(CCN)c(C)c1CN.Cc1nn(CCN)c(C)c1N. The highest BCUT2D eigenvalue weighted by Crippen LogP contribution is 2.14. The lowest BCUT2D eigenvalue weighted by Crippen LogP contribution is -2.12. The van der Waals surface area contributed by atoms with Gasteiger partial charge in [-0.3, -0.25) is 9.36 Å². The number of hydrogen-bond acceptors (Lipinski definition) is 9. The molecular formula is C37H64N10O. The number of rotatable bonds is 13. The molecule has 48 heavy (non-hydrogen) atoms. The minimum absolute atomic E-state index is 0.558. The Balaban J connectivity index is 0.000000320. The second-order valence-corrected chi connectivity index (χ2v) is 11.7. The van der Waals surface area contributed by atoms with E-state index in [-0.39, 0.29) is 0 Å². The van der Waals surface area contributed by atoms with Crippen LogP contribution >= 0.6 is 0 Å². The average molecular weight is 665 g/mol. The molecule has 0 saturated carbocycles. The number of aryl methyl sites for hydroxylation is 3. The summed E-state index contributed by atoms with van der Waals surface area (Å²) in [6.45, 7) is 16.3. The number of unbranched alkanes of at least 4 members (excludes halogenated alkanes) is 3. The fourth-order valence-electron chi connectivity index (χ4n) is 4.75. The topological polar surface area (TPSA) is 201 Å². The molecule has 0 bridgehead atoms. The smallest absolute Gasteiger partial charge is 0.115 e. The van der Waals surface area contributed by atoms with Gasteiger partial charge in [0.05, 0.1) is 42.5 Å². The van der Waals surface area contributed by atoms with Crippen molar-refractivity contribution in [2.24, 2.45) is 22.9 Å². The molecule has 2 aromatic heterocycles. The molecule has 268 valence electrons. The van der Waals surface area contributed by atoms with Gasteiger partial charge in [0, 0.05) is 42.3 Å². The molecule has 0 saturated heterocycles. The number of benzene rings is 1. The largest absolute Gasteiger partial charge is 0.494 e. The third-order valence-corrected chi connectivity index (χ3v) is 7.78. The molecule has 11 heteroatoms. The maximum absolute atomic E-state index is 5.71. The van der Waals surface area contributed by atoms with Crippen molar-refractivity contribution in [3.8, 4) is 0 Å². The van der Waals surface area contributed by atoms with Crippen molar-refractivity contribution in [3.05, 3.63) is 93.9 Å². The number of allylic oxidation sites excluding steroid dienone is 4. The number of ether oxygens (including phenoxy) is 1. The minimum atomic E-state index is 0.558. The van der Waals surface area contributed by atoms with Crippen molar-refractivity contribution in [2.45, 2.75) is 106 Å². The van der Waals surface area contributed by atoms with E-state index in [0.29, 0.717) is 19.6 Å². The summed E-state index contributed by atoms with van der Waals surface area (Å²) in [6, 6.07) is 8.18. The molecule has 0 fully saturated rings. The van der Waals surface area contributed by atoms with Gasteiger partial charge in [-0.05, 0) is 89.3 Å². The van der Waals surface area contributed by atoms with Gasteiger partial charge < -0.3 is 39.1 Å². The molecule has 1 aliphatic carbocycles. The molecule has 0 amide bonds. The Hall–Kier alpha value is -4.06. The molecule has 1 aromatic carbocycles. The van der Waals surface area contributed by atoms with Crippen LogP contribution in [0.25, 0.3) is 0 Å². The number of aromatic nitrogens is 4. The van der Waals surface area contributed by atoms with Crippen LogP contribution in [0.5, 0.6) is 0 Å². The van der Waals surface area contributed by atoms with Crippen LogP contribution in [0.4, 0.5) is 11.4 Å². The molecule has 12 N–H and O–H groups in total. The van der Waals surface area contributed by atoms with Gasteiger partial charge in [-0.15, -0.1) is 0 Å². The van der Waals surface area contributed by atoms with Gasteiger partial charge in [0.2, 0.25) is 0 Å². The lowest BCUT2D eigenvalue weighted by atomic mass is 10.1. The Morgan fingerprint density at radius 3 is 1.85 bits per heavy atom. The molecule has 4 rings (SSSR count). The molecule has 0 aliphatic heterocycles. The molecule has 0 atom stereocenters. The van der Waals surface area contributed by atoms with Crippen LogP contribution in [0.2, 0.25) is 0 Å². The van der Waals surface area contributed by atoms with Crippen molar-refractivity contribution in [2.75, 3.05) is 31.2 Å². The predicted octanol–water partition coefficient (Wildman–Crippen LogP) is 5.45. The van der Waals surface area contributed by atoms with Crippen molar-refractivity contribution in [3.63, 3.8) is 0 Å². The summed E-state index contributed by atoms with van der Waals surface area (Å²) in [5.41, 5.74) is 42.4. The zero-order valence-corrected chi connectivity index (χ0v) is 30.5. The van der Waals surface area contributed by atoms with Gasteiger partial charge in [-0.25, -0.2) is 0 Å². The highest BCUT2D eigenvalue weighted by Gasteiger charge is 2.08. The van der Waals surface area contributed by atoms with E-state index in [1.54, 1.807) is 0 Å². The summed E-state index contributed by atoms with van der Waals surface area (Å²) in [7, 11) is 0. The summed E-state index contributed by atoms with van der Waals surface area (Å²) in [6.07, 6.45) is 16.1. The molecule has 11 nitrogen and oxygen atoms in total. The van der Waals surface area contributed by atoms with Crippen LogP contribution in [0.3, 0.4) is 0 Å². The standard InChI is InChI=1S/C11H17NO.C11H17N.C8H16N4.C7H14N4/c1-2-3-9-13-11-6-4-5-10(12)7-8-11;1-2-3-4-5-10-6-8-11(12)9-7-10;1-6-8(5-10)7(2)12(11-6)4-3-9;1-5-7(9)6(2)11(10-5)4-3-8/h5-8H,2-4,9,12H2,1H3;6-9H,2-5,12H2,1H3;3-5,9-10H2,1-2H3;3-4,8-9H2,1-2H3. The molecule has 0 unspecified atom stereocenters. The highest BCUT2D eigenvalue weighted by atomic mass is 16.5. The fourth-order valence-corrected chi connectivity index (χ4v) is 4.75. The van der Waals surface area contributed by atoms with Crippen LogP contribution in [0.1, 0.15) is 86.3 Å². The van der Waals surface area contributed by atoms with Crippen LogP contribution in [-0.2, 0) is 30.8 Å². The van der Waals surface area contributed by atoms with Gasteiger partial charge in [0.1, 0.15) is 5.76 Å². The van der Waals surface area contributed by atoms with E-state index in [1.807, 2.05) is 73.5 Å². The van der Waals surface area contributed by atoms with Crippen LogP contribution in [-0.4, -0.2) is 39.3 Å². The van der Waals surface area contributed by atoms with E-state index in [2.05, 4.69) is 36.2 Å². The lowest BCUT2D eigenvalue weighted by Gasteiger charge is -2.04. The lowest BCUT2D eigenvalue weighted by molar-refractivity contribution is 0.218. The monoisotopic (exact) mass is 665 g/mol.